The van der Waals surface area contributed by atoms with Gasteiger partial charge in [-0.15, -0.1) is 22.1 Å². The van der Waals surface area contributed by atoms with E-state index in [2.05, 4.69) is 52.0 Å². The zero-order valence-corrected chi connectivity index (χ0v) is 21.2. The fourth-order valence-corrected chi connectivity index (χ4v) is 3.98. The Kier molecular flexibility index (Phi) is 5.64. The molecule has 0 radical (unpaired) electrons. The minimum Gasteiger partial charge on any atom is -0.657 e. The van der Waals surface area contributed by atoms with Crippen molar-refractivity contribution in [3.8, 4) is 0 Å². The number of nitrogens with zero attached hydrogens (tertiary/aromatic N) is 4. The van der Waals surface area contributed by atoms with Crippen molar-refractivity contribution in [1.82, 2.24) is 19.9 Å². The largest absolute Gasteiger partial charge is 2.00 e. The predicted molar refractivity (Wildman–Crippen MR) is 126 cm³/mol. The molecule has 31 heavy (non-hydrogen) atoms. The van der Waals surface area contributed by atoms with Gasteiger partial charge in [0, 0.05) is 0 Å². The van der Waals surface area contributed by atoms with Crippen molar-refractivity contribution in [3.63, 3.8) is 0 Å². The van der Waals surface area contributed by atoms with Gasteiger partial charge in [0.25, 0.3) is 0 Å². The van der Waals surface area contributed by atoms with Gasteiger partial charge in [-0.25, -0.2) is 9.97 Å². The molecule has 0 spiro atoms. The molecule has 0 saturated heterocycles. The van der Waals surface area contributed by atoms with E-state index in [0.29, 0.717) is 0 Å². The van der Waals surface area contributed by atoms with E-state index in [1.807, 2.05) is 36.4 Å². The molecule has 2 aliphatic heterocycles. The van der Waals surface area contributed by atoms with Crippen LogP contribution in [0.1, 0.15) is 50.5 Å². The molecule has 8 bridgehead atoms. The summed E-state index contributed by atoms with van der Waals surface area (Å²) in [6.07, 6.45) is 8.18. The van der Waals surface area contributed by atoms with Gasteiger partial charge in [0.15, 0.2) is 0 Å². The quantitative estimate of drug-likeness (QED) is 0.327. The third-order valence-electron chi connectivity index (χ3n) is 5.26. The monoisotopic (exact) mass is 454 g/mol. The molecule has 5 heterocycles. The summed E-state index contributed by atoms with van der Waals surface area (Å²) in [4.78, 5) is 19.4. The molecule has 0 N–H and O–H groups in total. The van der Waals surface area contributed by atoms with Crippen molar-refractivity contribution in [2.45, 2.75) is 27.7 Å². The van der Waals surface area contributed by atoms with Gasteiger partial charge in [-0.2, -0.15) is 0 Å². The van der Waals surface area contributed by atoms with E-state index in [1.165, 1.54) is 11.1 Å². The molecule has 148 valence electrons. The van der Waals surface area contributed by atoms with Gasteiger partial charge in [0.2, 0.25) is 0 Å². The third kappa shape index (κ3) is 3.98. The molecule has 3 aromatic rings. The van der Waals surface area contributed by atoms with Crippen molar-refractivity contribution in [1.29, 1.82) is 0 Å². The smallest absolute Gasteiger partial charge is 0.657 e. The number of hydrogen-bond acceptors (Lipinski definition) is 2. The van der Waals surface area contributed by atoms with Crippen LogP contribution in [0.15, 0.2) is 36.4 Å². The van der Waals surface area contributed by atoms with E-state index in [4.69, 9.17) is 19.9 Å². The number of aromatic nitrogens is 4. The summed E-state index contributed by atoms with van der Waals surface area (Å²) in [5.41, 5.74) is 9.68. The fourth-order valence-electron chi connectivity index (χ4n) is 3.98. The first-order valence-electron chi connectivity index (χ1n) is 10.1. The number of fused-ring (bicyclic) bond motifs is 8. The summed E-state index contributed by atoms with van der Waals surface area (Å²) in [5.74, 6) is 0. The van der Waals surface area contributed by atoms with E-state index in [9.17, 15) is 0 Å². The molecule has 0 unspecified atom stereocenters. The van der Waals surface area contributed by atoms with Crippen LogP contribution in [-0.2, 0) is 19.5 Å². The maximum absolute atomic E-state index is 4.85. The summed E-state index contributed by atoms with van der Waals surface area (Å²) in [6, 6.07) is 12.2. The van der Waals surface area contributed by atoms with E-state index < -0.39 is 0 Å². The second-order valence-corrected chi connectivity index (χ2v) is 8.06. The molecule has 3 aromatic heterocycles. The second-order valence-electron chi connectivity index (χ2n) is 8.06. The summed E-state index contributed by atoms with van der Waals surface area (Å²) in [7, 11) is 0. The molecule has 5 rings (SSSR count). The first-order chi connectivity index (χ1) is 14.5. The Hall–Kier alpha value is -3.04. The van der Waals surface area contributed by atoms with Crippen LogP contribution in [0.4, 0.5) is 0 Å². The van der Waals surface area contributed by atoms with Gasteiger partial charge >= 0.3 is 19.5 Å². The van der Waals surface area contributed by atoms with E-state index >= 15 is 0 Å². The standard InChI is InChI=1S/C26H22N4.Zn/c1-15(2)25-21-9-5-17(27-21)13-19-7-11-23(29-19)26(16(3)4)24-12-8-20(30-24)14-18-6-10-22(25)28-18;/h5-14H,1-4H3;/q-2;+2. The summed E-state index contributed by atoms with van der Waals surface area (Å²) >= 11 is 0. The van der Waals surface area contributed by atoms with Crippen LogP contribution in [0.2, 0.25) is 0 Å². The zero-order valence-electron chi connectivity index (χ0n) is 18.3. The van der Waals surface area contributed by atoms with Crippen LogP contribution >= 0.6 is 0 Å². The Bertz CT molecular complexity index is 1410. The SMILES string of the molecule is CC(C)=c1c2nc(cc3ccc([n-]3)c(=C(C)C)c3nc(cc4ccc1[n-]4)C=C3)C=C2.[Zn+2]. The predicted octanol–water partition coefficient (Wildman–Crippen LogP) is 4.29. The average Bonchev–Trinajstić information content (AvgIpc) is 3.46. The topological polar surface area (TPSA) is 54.0 Å². The Morgan fingerprint density at radius 2 is 1.03 bits per heavy atom. The fraction of sp³-hybridized carbons (Fsp3) is 0.154. The van der Waals surface area contributed by atoms with Crippen LogP contribution in [0, 0.1) is 0 Å². The van der Waals surface area contributed by atoms with E-state index in [-0.39, 0.29) is 19.5 Å². The van der Waals surface area contributed by atoms with Crippen molar-refractivity contribution >= 4 is 57.5 Å². The van der Waals surface area contributed by atoms with Crippen LogP contribution < -0.4 is 20.4 Å². The van der Waals surface area contributed by atoms with Crippen molar-refractivity contribution in [2.24, 2.45) is 0 Å². The third-order valence-corrected chi connectivity index (χ3v) is 5.26. The van der Waals surface area contributed by atoms with Gasteiger partial charge in [-0.1, -0.05) is 47.5 Å². The number of rotatable bonds is 0. The molecule has 0 atom stereocenters. The van der Waals surface area contributed by atoms with Crippen LogP contribution in [0.5, 0.6) is 0 Å². The molecule has 0 fully saturated rings. The minimum absolute atomic E-state index is 0. The Morgan fingerprint density at radius 3 is 1.42 bits per heavy atom. The maximum atomic E-state index is 4.85. The van der Waals surface area contributed by atoms with E-state index in [1.54, 1.807) is 0 Å². The number of hydrogen-bond donors (Lipinski definition) is 0. The Balaban J connectivity index is 0.00000231. The summed E-state index contributed by atoms with van der Waals surface area (Å²) < 4.78 is 0. The van der Waals surface area contributed by atoms with Crippen LogP contribution in [-0.4, -0.2) is 9.97 Å². The second kappa shape index (κ2) is 8.24. The Morgan fingerprint density at radius 1 is 0.613 bits per heavy atom. The van der Waals surface area contributed by atoms with Crippen LogP contribution in [0.25, 0.3) is 57.5 Å². The van der Waals surface area contributed by atoms with Crippen molar-refractivity contribution in [3.05, 3.63) is 69.6 Å². The Labute approximate surface area is 193 Å². The molecular formula is C26H22N4Zn. The van der Waals surface area contributed by atoms with Gasteiger partial charge in [-0.05, 0) is 62.4 Å². The molecule has 0 aromatic carbocycles. The van der Waals surface area contributed by atoms with Crippen molar-refractivity contribution in [2.75, 3.05) is 0 Å². The van der Waals surface area contributed by atoms with E-state index in [0.717, 1.165) is 55.3 Å². The first-order valence-corrected chi connectivity index (χ1v) is 10.1. The summed E-state index contributed by atoms with van der Waals surface area (Å²) in [6.45, 7) is 8.39. The molecule has 5 heteroatoms. The van der Waals surface area contributed by atoms with Gasteiger partial charge in [-0.3, -0.25) is 0 Å². The molecule has 4 nitrogen and oxygen atoms in total. The normalized spacial score (nSPS) is 12.0. The van der Waals surface area contributed by atoms with Gasteiger partial charge in [0.05, 0.1) is 22.8 Å². The minimum atomic E-state index is 0. The molecular weight excluding hydrogens is 434 g/mol. The first kappa shape index (κ1) is 21.2. The van der Waals surface area contributed by atoms with Gasteiger partial charge in [0.1, 0.15) is 0 Å². The maximum Gasteiger partial charge on any atom is 2.00 e. The molecule has 0 saturated carbocycles. The summed E-state index contributed by atoms with van der Waals surface area (Å²) in [5, 5.41) is 2.14. The molecule has 0 amide bonds. The average molecular weight is 456 g/mol. The van der Waals surface area contributed by atoms with Crippen molar-refractivity contribution < 1.29 is 19.5 Å². The zero-order chi connectivity index (χ0) is 20.8. The van der Waals surface area contributed by atoms with Crippen LogP contribution in [0.3, 0.4) is 0 Å². The molecule has 0 aliphatic carbocycles. The molecule has 2 aliphatic rings. The van der Waals surface area contributed by atoms with Gasteiger partial charge < -0.3 is 9.97 Å².